The van der Waals surface area contributed by atoms with Gasteiger partial charge in [0.15, 0.2) is 5.96 Å². The van der Waals surface area contributed by atoms with Gasteiger partial charge in [0.25, 0.3) is 5.91 Å². The first-order chi connectivity index (χ1) is 13.1. The number of nitrogens with zero attached hydrogens (tertiary/aromatic N) is 2. The largest absolute Gasteiger partial charge is 0.444 e. The Morgan fingerprint density at radius 3 is 2.18 bits per heavy atom. The lowest BCUT2D eigenvalue weighted by molar-refractivity contribution is 0.0527. The van der Waals surface area contributed by atoms with Gasteiger partial charge < -0.3 is 25.6 Å². The minimum atomic E-state index is -0.494. The van der Waals surface area contributed by atoms with Crippen molar-refractivity contribution in [2.75, 3.05) is 34.2 Å². The standard InChI is InChI=1S/C20H33N5O3/c1-20(2,3)28-19(27)23-13-7-12-22-18(21-4)24-14-15-8-10-16(11-9-15)17(26)25(5)6/h8-11H,7,12-14H2,1-6H3,(H,23,27)(H2,21,22,24). The number of nitrogens with one attached hydrogen (secondary N) is 3. The van der Waals surface area contributed by atoms with Gasteiger partial charge in [0.2, 0.25) is 0 Å². The smallest absolute Gasteiger partial charge is 0.407 e. The van der Waals surface area contributed by atoms with Gasteiger partial charge >= 0.3 is 6.09 Å². The number of carbonyl (C=O) groups is 2. The Morgan fingerprint density at radius 1 is 1.04 bits per heavy atom. The van der Waals surface area contributed by atoms with Crippen LogP contribution >= 0.6 is 0 Å². The Kier molecular flexibility index (Phi) is 9.27. The number of benzene rings is 1. The van der Waals surface area contributed by atoms with Gasteiger partial charge in [0.05, 0.1) is 0 Å². The monoisotopic (exact) mass is 391 g/mol. The molecule has 0 aliphatic heterocycles. The molecule has 0 aliphatic rings. The maximum Gasteiger partial charge on any atom is 0.407 e. The van der Waals surface area contributed by atoms with Crippen LogP contribution in [0, 0.1) is 0 Å². The molecule has 156 valence electrons. The Hall–Kier alpha value is -2.77. The summed E-state index contributed by atoms with van der Waals surface area (Å²) in [4.78, 5) is 29.2. The van der Waals surface area contributed by atoms with E-state index < -0.39 is 11.7 Å². The summed E-state index contributed by atoms with van der Waals surface area (Å²) < 4.78 is 5.18. The molecular formula is C20H33N5O3. The number of amides is 2. The third kappa shape index (κ3) is 9.25. The van der Waals surface area contributed by atoms with Crippen molar-refractivity contribution in [1.82, 2.24) is 20.9 Å². The number of hydrogen-bond acceptors (Lipinski definition) is 4. The molecule has 8 heteroatoms. The maximum atomic E-state index is 11.9. The topological polar surface area (TPSA) is 95.1 Å². The van der Waals surface area contributed by atoms with E-state index in [9.17, 15) is 9.59 Å². The number of aliphatic imine (C=N–C) groups is 1. The average molecular weight is 392 g/mol. The molecule has 0 unspecified atom stereocenters. The highest BCUT2D eigenvalue weighted by Gasteiger charge is 2.15. The average Bonchev–Trinajstić information content (AvgIpc) is 2.62. The van der Waals surface area contributed by atoms with E-state index in [2.05, 4.69) is 20.9 Å². The van der Waals surface area contributed by atoms with E-state index in [1.807, 2.05) is 45.0 Å². The Labute approximate surface area is 167 Å². The second-order valence-corrected chi connectivity index (χ2v) is 7.53. The zero-order chi connectivity index (χ0) is 21.2. The molecule has 2 amide bonds. The molecule has 1 aromatic carbocycles. The van der Waals surface area contributed by atoms with E-state index in [1.54, 1.807) is 26.0 Å². The second-order valence-electron chi connectivity index (χ2n) is 7.53. The van der Waals surface area contributed by atoms with Crippen LogP contribution in [0.4, 0.5) is 4.79 Å². The molecule has 28 heavy (non-hydrogen) atoms. The van der Waals surface area contributed by atoms with Gasteiger partial charge in [-0.2, -0.15) is 0 Å². The number of alkyl carbamates (subject to hydrolysis) is 1. The zero-order valence-corrected chi connectivity index (χ0v) is 17.8. The summed E-state index contributed by atoms with van der Waals surface area (Å²) in [5.41, 5.74) is 1.21. The van der Waals surface area contributed by atoms with Crippen molar-refractivity contribution in [3.8, 4) is 0 Å². The predicted octanol–water partition coefficient (Wildman–Crippen LogP) is 1.97. The third-order valence-electron chi connectivity index (χ3n) is 3.60. The van der Waals surface area contributed by atoms with Crippen LogP contribution in [0.3, 0.4) is 0 Å². The van der Waals surface area contributed by atoms with Crippen LogP contribution in [0.2, 0.25) is 0 Å². The van der Waals surface area contributed by atoms with Crippen LogP contribution in [0.5, 0.6) is 0 Å². The van der Waals surface area contributed by atoms with E-state index in [0.29, 0.717) is 31.2 Å². The van der Waals surface area contributed by atoms with Crippen molar-refractivity contribution < 1.29 is 14.3 Å². The molecule has 1 rings (SSSR count). The third-order valence-corrected chi connectivity index (χ3v) is 3.60. The molecule has 0 saturated heterocycles. The van der Waals surface area contributed by atoms with E-state index in [0.717, 1.165) is 12.0 Å². The summed E-state index contributed by atoms with van der Waals surface area (Å²) in [6.07, 6.45) is 0.326. The number of ether oxygens (including phenoxy) is 1. The Balaban J connectivity index is 2.30. The van der Waals surface area contributed by atoms with E-state index in [4.69, 9.17) is 4.74 Å². The Bertz CT molecular complexity index is 663. The maximum absolute atomic E-state index is 11.9. The summed E-state index contributed by atoms with van der Waals surface area (Å²) in [5.74, 6) is 0.655. The van der Waals surface area contributed by atoms with Gasteiger partial charge in [0.1, 0.15) is 5.60 Å². The van der Waals surface area contributed by atoms with Crippen molar-refractivity contribution in [3.05, 3.63) is 35.4 Å². The summed E-state index contributed by atoms with van der Waals surface area (Å²) >= 11 is 0. The fraction of sp³-hybridized carbons (Fsp3) is 0.550. The van der Waals surface area contributed by atoms with Crippen LogP contribution in [0.25, 0.3) is 0 Å². The van der Waals surface area contributed by atoms with Crippen molar-refractivity contribution in [1.29, 1.82) is 0 Å². The quantitative estimate of drug-likeness (QED) is 0.375. The summed E-state index contributed by atoms with van der Waals surface area (Å²) in [7, 11) is 5.17. The van der Waals surface area contributed by atoms with Crippen LogP contribution < -0.4 is 16.0 Å². The van der Waals surface area contributed by atoms with Crippen LogP contribution in [-0.4, -0.2) is 62.7 Å². The number of guanidine groups is 1. The van der Waals surface area contributed by atoms with Gasteiger partial charge in [-0.25, -0.2) is 4.79 Å². The van der Waals surface area contributed by atoms with Crippen molar-refractivity contribution in [2.45, 2.75) is 39.3 Å². The molecule has 0 saturated carbocycles. The first kappa shape index (κ1) is 23.3. The second kappa shape index (κ2) is 11.2. The SMILES string of the molecule is CN=C(NCCCNC(=O)OC(C)(C)C)NCc1ccc(C(=O)N(C)C)cc1. The van der Waals surface area contributed by atoms with Gasteiger partial charge in [-0.15, -0.1) is 0 Å². The minimum Gasteiger partial charge on any atom is -0.444 e. The minimum absolute atomic E-state index is 0.0167. The highest BCUT2D eigenvalue weighted by molar-refractivity contribution is 5.93. The van der Waals surface area contributed by atoms with Crippen molar-refractivity contribution in [2.24, 2.45) is 4.99 Å². The molecule has 0 radical (unpaired) electrons. The first-order valence-corrected chi connectivity index (χ1v) is 9.34. The molecule has 0 spiro atoms. The van der Waals surface area contributed by atoms with Gasteiger partial charge in [-0.1, -0.05) is 12.1 Å². The fourth-order valence-corrected chi connectivity index (χ4v) is 2.23. The van der Waals surface area contributed by atoms with Crippen molar-refractivity contribution in [3.63, 3.8) is 0 Å². The number of hydrogen-bond donors (Lipinski definition) is 3. The Morgan fingerprint density at radius 2 is 1.64 bits per heavy atom. The van der Waals surface area contributed by atoms with E-state index >= 15 is 0 Å². The van der Waals surface area contributed by atoms with Crippen LogP contribution in [0.1, 0.15) is 43.1 Å². The molecule has 0 aromatic heterocycles. The molecule has 0 heterocycles. The van der Waals surface area contributed by atoms with Crippen LogP contribution in [-0.2, 0) is 11.3 Å². The molecule has 0 fully saturated rings. The van der Waals surface area contributed by atoms with Gasteiger partial charge in [0, 0.05) is 46.3 Å². The molecular weight excluding hydrogens is 358 g/mol. The van der Waals surface area contributed by atoms with Gasteiger partial charge in [-0.3, -0.25) is 9.79 Å². The lowest BCUT2D eigenvalue weighted by atomic mass is 10.1. The lowest BCUT2D eigenvalue weighted by Gasteiger charge is -2.19. The summed E-state index contributed by atoms with van der Waals surface area (Å²) in [6, 6.07) is 7.47. The predicted molar refractivity (Wildman–Crippen MR) is 112 cm³/mol. The lowest BCUT2D eigenvalue weighted by Crippen LogP contribution is -2.39. The number of rotatable bonds is 7. The highest BCUT2D eigenvalue weighted by atomic mass is 16.6. The van der Waals surface area contributed by atoms with E-state index in [-0.39, 0.29) is 5.91 Å². The highest BCUT2D eigenvalue weighted by Crippen LogP contribution is 2.07. The van der Waals surface area contributed by atoms with Crippen LogP contribution in [0.15, 0.2) is 29.3 Å². The molecule has 0 aliphatic carbocycles. The summed E-state index contributed by atoms with van der Waals surface area (Å²) in [5, 5.41) is 9.13. The molecule has 0 atom stereocenters. The van der Waals surface area contributed by atoms with Gasteiger partial charge in [-0.05, 0) is 44.9 Å². The van der Waals surface area contributed by atoms with Crippen molar-refractivity contribution >= 4 is 18.0 Å². The zero-order valence-electron chi connectivity index (χ0n) is 17.8. The molecule has 3 N–H and O–H groups in total. The fourth-order valence-electron chi connectivity index (χ4n) is 2.23. The number of carbonyl (C=O) groups excluding carboxylic acids is 2. The molecule has 1 aromatic rings. The summed E-state index contributed by atoms with van der Waals surface area (Å²) in [6.45, 7) is 7.25. The molecule has 0 bridgehead atoms. The first-order valence-electron chi connectivity index (χ1n) is 9.34. The normalized spacial score (nSPS) is 11.6. The van der Waals surface area contributed by atoms with E-state index in [1.165, 1.54) is 0 Å². The molecule has 8 nitrogen and oxygen atoms in total.